The predicted octanol–water partition coefficient (Wildman–Crippen LogP) is 1.85. The van der Waals surface area contributed by atoms with Gasteiger partial charge in [0.25, 0.3) is 0 Å². The zero-order valence-corrected chi connectivity index (χ0v) is 16.5. The number of hydrogen-bond acceptors (Lipinski definition) is 3. The van der Waals surface area contributed by atoms with Gasteiger partial charge >= 0.3 is 0 Å². The maximum Gasteiger partial charge on any atom is 0.217 e. The van der Waals surface area contributed by atoms with Crippen molar-refractivity contribution in [3.8, 4) is 0 Å². The molecule has 0 rings (SSSR count). The Morgan fingerprint density at radius 1 is 0.875 bits per heavy atom. The average molecular weight is 367 g/mol. The molecule has 0 spiro atoms. The first-order valence-electron chi connectivity index (χ1n) is 8.46. The van der Waals surface area contributed by atoms with Crippen LogP contribution in [-0.4, -0.2) is 48.7 Å². The first-order chi connectivity index (χ1) is 10.8. The van der Waals surface area contributed by atoms with E-state index in [1.54, 1.807) is 0 Å². The second-order valence-electron chi connectivity index (χ2n) is 6.91. The molecule has 0 radical (unpaired) electrons. The third-order valence-electron chi connectivity index (χ3n) is 4.47. The molecule has 7 nitrogen and oxygen atoms in total. The van der Waals surface area contributed by atoms with Crippen molar-refractivity contribution in [2.75, 3.05) is 11.5 Å². The maximum absolute atomic E-state index is 12.8. The van der Waals surface area contributed by atoms with E-state index in [-0.39, 0.29) is 23.7 Å². The van der Waals surface area contributed by atoms with Crippen LogP contribution in [0.3, 0.4) is 0 Å². The number of nitrogens with one attached hydrogen (secondary N) is 2. The summed E-state index contributed by atoms with van der Waals surface area (Å²) in [5.41, 5.74) is 0. The van der Waals surface area contributed by atoms with Crippen LogP contribution in [0.15, 0.2) is 0 Å². The standard InChI is InChI=1S/C16H34N2O5S/c1-7-11(3)15(17-13(5)19)9-24(21,22,23)10-16(12(4)8-2)18-14(6)20/h11-12,15-16H,7-10H2,1-6H3,(H,17,19)(H,18,20)(H2,21,22,23). The van der Waals surface area contributed by atoms with Crippen molar-refractivity contribution in [3.05, 3.63) is 0 Å². The lowest BCUT2D eigenvalue weighted by molar-refractivity contribution is -0.120. The quantitative estimate of drug-likeness (QED) is 0.471. The molecule has 144 valence electrons. The summed E-state index contributed by atoms with van der Waals surface area (Å²) in [5.74, 6) is -1.66. The van der Waals surface area contributed by atoms with E-state index in [1.807, 2.05) is 27.7 Å². The van der Waals surface area contributed by atoms with Crippen molar-refractivity contribution in [1.29, 1.82) is 0 Å². The van der Waals surface area contributed by atoms with Gasteiger partial charge in [0.15, 0.2) is 0 Å². The fourth-order valence-electron chi connectivity index (χ4n) is 2.58. The molecule has 0 bridgehead atoms. The Hall–Kier alpha value is -0.990. The second-order valence-corrected chi connectivity index (χ2v) is 9.95. The van der Waals surface area contributed by atoms with E-state index in [2.05, 4.69) is 10.6 Å². The molecule has 24 heavy (non-hydrogen) atoms. The van der Waals surface area contributed by atoms with Crippen LogP contribution in [-0.2, 0) is 19.2 Å². The first kappa shape index (κ1) is 23.0. The highest BCUT2D eigenvalue weighted by Crippen LogP contribution is 2.25. The maximum atomic E-state index is 12.8. The highest BCUT2D eigenvalue weighted by atomic mass is 32.3. The lowest BCUT2D eigenvalue weighted by Crippen LogP contribution is -2.56. The van der Waals surface area contributed by atoms with Crippen LogP contribution in [0.2, 0.25) is 0 Å². The number of rotatable bonds is 10. The Morgan fingerprint density at radius 2 is 1.17 bits per heavy atom. The van der Waals surface area contributed by atoms with Gasteiger partial charge in [-0.05, 0) is 11.8 Å². The fourth-order valence-corrected chi connectivity index (χ4v) is 4.98. The van der Waals surface area contributed by atoms with Crippen LogP contribution in [0.1, 0.15) is 54.4 Å². The highest BCUT2D eigenvalue weighted by Gasteiger charge is 2.39. The van der Waals surface area contributed by atoms with Gasteiger partial charge in [0.05, 0.1) is 21.1 Å². The minimum Gasteiger partial charge on any atom is -0.352 e. The van der Waals surface area contributed by atoms with Crippen molar-refractivity contribution < 1.29 is 22.9 Å². The highest BCUT2D eigenvalue weighted by molar-refractivity contribution is 8.10. The summed E-state index contributed by atoms with van der Waals surface area (Å²) in [6.07, 6.45) is 1.38. The number of hydrogen-bond donors (Lipinski definition) is 4. The number of carbonyl (C=O) groups is 2. The summed E-state index contributed by atoms with van der Waals surface area (Å²) in [6, 6.07) is -1.23. The summed E-state index contributed by atoms with van der Waals surface area (Å²) < 4.78 is 33.7. The van der Waals surface area contributed by atoms with Crippen molar-refractivity contribution in [1.82, 2.24) is 10.6 Å². The van der Waals surface area contributed by atoms with Gasteiger partial charge < -0.3 is 19.7 Å². The summed E-state index contributed by atoms with van der Waals surface area (Å²) in [4.78, 5) is 22.7. The topological polar surface area (TPSA) is 116 Å². The number of carbonyl (C=O) groups excluding carboxylic acids is 2. The van der Waals surface area contributed by atoms with E-state index in [0.29, 0.717) is 12.8 Å². The van der Waals surface area contributed by atoms with E-state index in [1.165, 1.54) is 13.8 Å². The molecular weight excluding hydrogens is 332 g/mol. The largest absolute Gasteiger partial charge is 0.352 e. The summed E-state index contributed by atoms with van der Waals surface area (Å²) in [5, 5.41) is 5.30. The van der Waals surface area contributed by atoms with Gasteiger partial charge in [0.2, 0.25) is 11.8 Å². The molecule has 0 aromatic rings. The molecule has 0 aromatic carbocycles. The Kier molecular flexibility index (Phi) is 8.55. The van der Waals surface area contributed by atoms with Gasteiger partial charge in [-0.1, -0.05) is 40.5 Å². The van der Waals surface area contributed by atoms with Gasteiger partial charge in [-0.3, -0.25) is 9.59 Å². The summed E-state index contributed by atoms with van der Waals surface area (Å²) in [6.45, 7) is 10.2. The molecule has 0 aliphatic carbocycles. The van der Waals surface area contributed by atoms with E-state index < -0.39 is 33.2 Å². The monoisotopic (exact) mass is 366 g/mol. The van der Waals surface area contributed by atoms with E-state index in [0.717, 1.165) is 0 Å². The van der Waals surface area contributed by atoms with E-state index in [4.69, 9.17) is 0 Å². The normalized spacial score (nSPS) is 18.6. The third-order valence-corrected chi connectivity index (χ3v) is 6.53. The van der Waals surface area contributed by atoms with Crippen molar-refractivity contribution in [2.45, 2.75) is 66.5 Å². The first-order valence-corrected chi connectivity index (χ1v) is 10.7. The van der Waals surface area contributed by atoms with Crippen LogP contribution in [0, 0.1) is 11.8 Å². The van der Waals surface area contributed by atoms with Gasteiger partial charge in [-0.2, -0.15) is 0 Å². The molecule has 4 unspecified atom stereocenters. The van der Waals surface area contributed by atoms with Crippen LogP contribution in [0.4, 0.5) is 0 Å². The van der Waals surface area contributed by atoms with Crippen LogP contribution < -0.4 is 10.6 Å². The lowest BCUT2D eigenvalue weighted by atomic mass is 10.0. The van der Waals surface area contributed by atoms with Crippen molar-refractivity contribution in [3.63, 3.8) is 0 Å². The molecule has 0 aliphatic rings. The fraction of sp³-hybridized carbons (Fsp3) is 0.875. The number of amides is 2. The molecule has 4 N–H and O–H groups in total. The van der Waals surface area contributed by atoms with Gasteiger partial charge in [-0.15, -0.1) is 0 Å². The molecule has 2 amide bonds. The molecule has 4 atom stereocenters. The summed E-state index contributed by atoms with van der Waals surface area (Å²) >= 11 is 0. The minimum atomic E-state index is -5.01. The molecule has 0 heterocycles. The smallest absolute Gasteiger partial charge is 0.217 e. The van der Waals surface area contributed by atoms with Gasteiger partial charge in [-0.25, -0.2) is 4.21 Å². The zero-order valence-electron chi connectivity index (χ0n) is 15.7. The van der Waals surface area contributed by atoms with Gasteiger partial charge in [0, 0.05) is 25.9 Å². The zero-order chi connectivity index (χ0) is 19.2. The molecule has 0 fully saturated rings. The predicted molar refractivity (Wildman–Crippen MR) is 97.3 cm³/mol. The van der Waals surface area contributed by atoms with E-state index >= 15 is 0 Å². The Morgan fingerprint density at radius 3 is 1.38 bits per heavy atom. The summed E-state index contributed by atoms with van der Waals surface area (Å²) in [7, 11) is -5.01. The van der Waals surface area contributed by atoms with Crippen LogP contribution in [0.25, 0.3) is 0 Å². The molecule has 8 heteroatoms. The molecule has 0 saturated carbocycles. The molecular formula is C16H34N2O5S. The molecule has 0 saturated heterocycles. The Labute approximate surface area is 145 Å². The average Bonchev–Trinajstić information content (AvgIpc) is 2.41. The van der Waals surface area contributed by atoms with Crippen LogP contribution in [0.5, 0.6) is 0 Å². The van der Waals surface area contributed by atoms with E-state index in [9.17, 15) is 22.9 Å². The second kappa shape index (κ2) is 8.92. The third kappa shape index (κ3) is 8.75. The molecule has 0 aromatic heterocycles. The Balaban J connectivity index is 5.38. The minimum absolute atomic E-state index is 0.0690. The Bertz CT molecular complexity index is 465. The molecule has 0 aliphatic heterocycles. The van der Waals surface area contributed by atoms with Crippen molar-refractivity contribution in [2.24, 2.45) is 11.8 Å². The van der Waals surface area contributed by atoms with Gasteiger partial charge in [0.1, 0.15) is 0 Å². The van der Waals surface area contributed by atoms with Crippen LogP contribution >= 0.6 is 0 Å². The SMILES string of the molecule is CCC(C)C(CS(=O)(O)(O)CC(NC(C)=O)C(C)CC)NC(C)=O. The lowest BCUT2D eigenvalue weighted by Gasteiger charge is -2.39. The van der Waals surface area contributed by atoms with Crippen molar-refractivity contribution >= 4 is 21.4 Å².